The van der Waals surface area contributed by atoms with Crippen molar-refractivity contribution in [2.75, 3.05) is 11.1 Å². The first-order chi connectivity index (χ1) is 14.4. The third kappa shape index (κ3) is 5.20. The molecule has 2 aliphatic rings. The van der Waals surface area contributed by atoms with Crippen LogP contribution >= 0.6 is 46.6 Å². The number of hydrogen-bond donors (Lipinski definition) is 1. The maximum atomic E-state index is 12.5. The van der Waals surface area contributed by atoms with Gasteiger partial charge in [-0.1, -0.05) is 65.1 Å². The molecule has 1 saturated carbocycles. The van der Waals surface area contributed by atoms with Gasteiger partial charge in [0.2, 0.25) is 5.91 Å². The Morgan fingerprint density at radius 2 is 1.60 bits per heavy atom. The number of carbonyl (C=O) groups excluding carboxylic acids is 1. The van der Waals surface area contributed by atoms with Gasteiger partial charge < -0.3 is 5.32 Å². The van der Waals surface area contributed by atoms with E-state index < -0.39 is 0 Å². The molecule has 1 heterocycles. The molecule has 1 aliphatic carbocycles. The van der Waals surface area contributed by atoms with Crippen LogP contribution < -0.4 is 5.32 Å². The molecule has 0 radical (unpaired) electrons. The zero-order valence-electron chi connectivity index (χ0n) is 16.1. The molecule has 0 unspecified atom stereocenters. The second-order valence-corrected chi connectivity index (χ2v) is 9.70. The summed E-state index contributed by atoms with van der Waals surface area (Å²) in [6.45, 7) is 0. The van der Waals surface area contributed by atoms with Crippen molar-refractivity contribution in [3.05, 3.63) is 63.1 Å². The number of rotatable bonds is 4. The maximum Gasteiger partial charge on any atom is 0.234 e. The molecule has 1 aliphatic heterocycles. The zero-order chi connectivity index (χ0) is 21.1. The second-order valence-electron chi connectivity index (χ2n) is 7.42. The zero-order valence-corrected chi connectivity index (χ0v) is 19.2. The lowest BCUT2D eigenvalue weighted by molar-refractivity contribution is -0.113. The van der Waals surface area contributed by atoms with Crippen LogP contribution in [0.4, 0.5) is 5.69 Å². The molecule has 0 saturated heterocycles. The van der Waals surface area contributed by atoms with Crippen molar-refractivity contribution in [3.63, 3.8) is 0 Å². The molecule has 2 aromatic carbocycles. The Morgan fingerprint density at radius 3 is 2.27 bits per heavy atom. The number of aliphatic imine (C=N–C) groups is 2. The van der Waals surface area contributed by atoms with Crippen molar-refractivity contribution in [2.24, 2.45) is 9.98 Å². The van der Waals surface area contributed by atoms with Crippen molar-refractivity contribution >= 4 is 68.9 Å². The van der Waals surface area contributed by atoms with E-state index >= 15 is 0 Å². The SMILES string of the molecule is O=C(CSC1=NC2(CCCCC2)N=C1c1ccc(Cl)cc1)Nc1cc(Cl)cc(Cl)c1. The number of benzene rings is 2. The number of nitrogens with zero attached hydrogens (tertiary/aromatic N) is 2. The summed E-state index contributed by atoms with van der Waals surface area (Å²) in [6, 6.07) is 12.6. The first-order valence-electron chi connectivity index (χ1n) is 9.77. The van der Waals surface area contributed by atoms with E-state index in [4.69, 9.17) is 44.8 Å². The number of thioether (sulfide) groups is 1. The van der Waals surface area contributed by atoms with Crippen LogP contribution in [-0.2, 0) is 4.79 Å². The van der Waals surface area contributed by atoms with Gasteiger partial charge in [0.25, 0.3) is 0 Å². The number of carbonyl (C=O) groups is 1. The maximum absolute atomic E-state index is 12.5. The van der Waals surface area contributed by atoms with E-state index in [1.807, 2.05) is 24.3 Å². The first kappa shape index (κ1) is 21.7. The summed E-state index contributed by atoms with van der Waals surface area (Å²) in [4.78, 5) is 22.5. The van der Waals surface area contributed by atoms with Gasteiger partial charge in [0.05, 0.1) is 11.5 Å². The molecule has 4 rings (SSSR count). The van der Waals surface area contributed by atoms with E-state index in [1.54, 1.807) is 18.2 Å². The summed E-state index contributed by atoms with van der Waals surface area (Å²) in [6.07, 6.45) is 5.35. The monoisotopic (exact) mass is 479 g/mol. The Labute approximate surface area is 195 Å². The Bertz CT molecular complexity index is 995. The molecule has 1 spiro atoms. The molecule has 156 valence electrons. The molecular formula is C22H20Cl3N3OS. The minimum atomic E-state index is -0.382. The third-order valence-electron chi connectivity index (χ3n) is 5.09. The quantitative estimate of drug-likeness (QED) is 0.518. The lowest BCUT2D eigenvalue weighted by Gasteiger charge is -2.27. The number of hydrogen-bond acceptors (Lipinski definition) is 4. The van der Waals surface area contributed by atoms with Gasteiger partial charge in [0, 0.05) is 26.3 Å². The summed E-state index contributed by atoms with van der Waals surface area (Å²) >= 11 is 19.5. The molecule has 2 aromatic rings. The average molecular weight is 481 g/mol. The van der Waals surface area contributed by atoms with Crippen molar-refractivity contribution in [2.45, 2.75) is 37.8 Å². The molecule has 1 amide bonds. The van der Waals surface area contributed by atoms with Gasteiger partial charge in [-0.2, -0.15) is 0 Å². The van der Waals surface area contributed by atoms with E-state index in [0.29, 0.717) is 20.8 Å². The molecule has 0 bridgehead atoms. The number of amides is 1. The molecular weight excluding hydrogens is 461 g/mol. The van der Waals surface area contributed by atoms with E-state index in [9.17, 15) is 4.79 Å². The van der Waals surface area contributed by atoms with Crippen LogP contribution in [0.5, 0.6) is 0 Å². The van der Waals surface area contributed by atoms with Gasteiger partial charge in [-0.3, -0.25) is 9.79 Å². The van der Waals surface area contributed by atoms with E-state index in [-0.39, 0.29) is 17.3 Å². The lowest BCUT2D eigenvalue weighted by Crippen LogP contribution is -2.25. The summed E-state index contributed by atoms with van der Waals surface area (Å²) in [5, 5.41) is 5.27. The van der Waals surface area contributed by atoms with Gasteiger partial charge in [-0.05, 0) is 56.0 Å². The average Bonchev–Trinajstić information content (AvgIpc) is 3.04. The minimum absolute atomic E-state index is 0.152. The normalized spacial score (nSPS) is 17.6. The third-order valence-corrected chi connectivity index (χ3v) is 6.74. The van der Waals surface area contributed by atoms with Crippen LogP contribution in [0.25, 0.3) is 0 Å². The molecule has 4 nitrogen and oxygen atoms in total. The fraction of sp³-hybridized carbons (Fsp3) is 0.318. The van der Waals surface area contributed by atoms with Crippen LogP contribution in [0, 0.1) is 0 Å². The highest BCUT2D eigenvalue weighted by molar-refractivity contribution is 8.16. The van der Waals surface area contributed by atoms with Gasteiger partial charge in [-0.25, -0.2) is 4.99 Å². The molecule has 8 heteroatoms. The van der Waals surface area contributed by atoms with Crippen molar-refractivity contribution < 1.29 is 4.79 Å². The van der Waals surface area contributed by atoms with Crippen LogP contribution in [-0.4, -0.2) is 28.1 Å². The van der Waals surface area contributed by atoms with Crippen LogP contribution in [0.2, 0.25) is 15.1 Å². The minimum Gasteiger partial charge on any atom is -0.325 e. The van der Waals surface area contributed by atoms with Crippen LogP contribution in [0.3, 0.4) is 0 Å². The van der Waals surface area contributed by atoms with Gasteiger partial charge in [-0.15, -0.1) is 0 Å². The second kappa shape index (κ2) is 9.31. The van der Waals surface area contributed by atoms with E-state index in [0.717, 1.165) is 42.0 Å². The topological polar surface area (TPSA) is 53.8 Å². The molecule has 0 aromatic heterocycles. The Kier molecular flexibility index (Phi) is 6.73. The first-order valence-corrected chi connectivity index (χ1v) is 11.9. The van der Waals surface area contributed by atoms with Crippen molar-refractivity contribution in [3.8, 4) is 0 Å². The predicted molar refractivity (Wildman–Crippen MR) is 129 cm³/mol. The summed E-state index contributed by atoms with van der Waals surface area (Å²) < 4.78 is 0. The molecule has 1 fully saturated rings. The van der Waals surface area contributed by atoms with Gasteiger partial charge >= 0.3 is 0 Å². The highest BCUT2D eigenvalue weighted by Crippen LogP contribution is 2.38. The lowest BCUT2D eigenvalue weighted by atomic mass is 9.90. The fourth-order valence-electron chi connectivity index (χ4n) is 3.72. The van der Waals surface area contributed by atoms with E-state index in [1.165, 1.54) is 18.2 Å². The van der Waals surface area contributed by atoms with Crippen LogP contribution in [0.15, 0.2) is 52.4 Å². The summed E-state index contributed by atoms with van der Waals surface area (Å²) in [5.41, 5.74) is 2.00. The molecule has 0 atom stereocenters. The summed E-state index contributed by atoms with van der Waals surface area (Å²) in [7, 11) is 0. The highest BCUT2D eigenvalue weighted by atomic mass is 35.5. The van der Waals surface area contributed by atoms with Gasteiger partial charge in [0.1, 0.15) is 5.04 Å². The molecule has 30 heavy (non-hydrogen) atoms. The smallest absolute Gasteiger partial charge is 0.234 e. The standard InChI is InChI=1S/C22H20Cl3N3OS/c23-15-6-4-14(5-7-15)20-21(28-22(27-20)8-2-1-3-9-22)30-13-19(29)26-18-11-16(24)10-17(25)12-18/h4-7,10-12H,1-3,8-9,13H2,(H,26,29). The Hall–Kier alpha value is -1.53. The van der Waals surface area contributed by atoms with Gasteiger partial charge in [0.15, 0.2) is 5.66 Å². The Balaban J connectivity index is 1.50. The fourth-order valence-corrected chi connectivity index (χ4v) is 5.24. The largest absolute Gasteiger partial charge is 0.325 e. The van der Waals surface area contributed by atoms with Crippen LogP contribution in [0.1, 0.15) is 37.7 Å². The van der Waals surface area contributed by atoms with Crippen molar-refractivity contribution in [1.29, 1.82) is 0 Å². The highest BCUT2D eigenvalue weighted by Gasteiger charge is 2.37. The summed E-state index contributed by atoms with van der Waals surface area (Å²) in [5.74, 6) is 0.0622. The number of nitrogens with one attached hydrogen (secondary N) is 1. The molecule has 1 N–H and O–H groups in total. The van der Waals surface area contributed by atoms with Crippen molar-refractivity contribution in [1.82, 2.24) is 0 Å². The number of halogens is 3. The van der Waals surface area contributed by atoms with E-state index in [2.05, 4.69) is 5.32 Å². The number of anilines is 1. The predicted octanol–water partition coefficient (Wildman–Crippen LogP) is 6.88. The Morgan fingerprint density at radius 1 is 0.933 bits per heavy atom.